The number of hydrogen-bond donors (Lipinski definition) is 1. The zero-order valence-electron chi connectivity index (χ0n) is 16.8. The Morgan fingerprint density at radius 3 is 3.07 bits per heavy atom. The average Bonchev–Trinajstić information content (AvgIpc) is 3.46. The number of benzene rings is 2. The first-order chi connectivity index (χ1) is 14.6. The van der Waals surface area contributed by atoms with Crippen LogP contribution in [0.4, 0.5) is 10.5 Å². The number of methoxy groups -OCH3 is 1. The lowest BCUT2D eigenvalue weighted by molar-refractivity contribution is 0.151. The molecule has 2 amide bonds. The topological polar surface area (TPSA) is 89.7 Å². The molecule has 1 aromatic heterocycles. The maximum atomic E-state index is 13.0. The van der Waals surface area contributed by atoms with Crippen molar-refractivity contribution < 1.29 is 18.8 Å². The normalized spacial score (nSPS) is 16.9. The molecule has 0 saturated carbocycles. The quantitative estimate of drug-likeness (QED) is 0.714. The van der Waals surface area contributed by atoms with Gasteiger partial charge in [-0.25, -0.2) is 4.79 Å². The van der Waals surface area contributed by atoms with E-state index >= 15 is 0 Å². The number of fused-ring (bicyclic) bond motifs is 2. The van der Waals surface area contributed by atoms with E-state index < -0.39 is 0 Å². The van der Waals surface area contributed by atoms with Gasteiger partial charge in [0.2, 0.25) is 5.82 Å². The van der Waals surface area contributed by atoms with Crippen LogP contribution in [0.15, 0.2) is 40.9 Å². The number of ether oxygens (including phenoxy) is 2. The van der Waals surface area contributed by atoms with Crippen LogP contribution >= 0.6 is 0 Å². The molecule has 1 N–H and O–H groups in total. The van der Waals surface area contributed by atoms with Crippen LogP contribution in [0, 0.1) is 6.92 Å². The van der Waals surface area contributed by atoms with Crippen LogP contribution in [0.2, 0.25) is 0 Å². The van der Waals surface area contributed by atoms with Gasteiger partial charge in [0, 0.05) is 30.5 Å². The SMILES string of the molecule is COCc1nc(-c2ccc3c(c2)OC[C@H]3NC(=O)N2CCc3ccc(C)cc32)no1. The summed E-state index contributed by atoms with van der Waals surface area (Å²) in [6, 6.07) is 11.7. The van der Waals surface area contributed by atoms with Gasteiger partial charge in [0.25, 0.3) is 5.89 Å². The molecule has 1 atom stereocenters. The molecule has 0 bridgehead atoms. The molecule has 30 heavy (non-hydrogen) atoms. The first kappa shape index (κ1) is 18.6. The molecule has 2 aromatic carbocycles. The summed E-state index contributed by atoms with van der Waals surface area (Å²) >= 11 is 0. The van der Waals surface area contributed by atoms with Crippen LogP contribution in [-0.4, -0.2) is 36.4 Å². The Labute approximate surface area is 173 Å². The smallest absolute Gasteiger partial charge is 0.322 e. The molecule has 0 spiro atoms. The van der Waals surface area contributed by atoms with E-state index in [-0.39, 0.29) is 18.7 Å². The summed E-state index contributed by atoms with van der Waals surface area (Å²) in [4.78, 5) is 19.1. The number of amides is 2. The van der Waals surface area contributed by atoms with Gasteiger partial charge in [0.15, 0.2) is 0 Å². The third-order valence-electron chi connectivity index (χ3n) is 5.47. The Morgan fingerprint density at radius 2 is 2.20 bits per heavy atom. The minimum absolute atomic E-state index is 0.104. The summed E-state index contributed by atoms with van der Waals surface area (Å²) in [5, 5.41) is 7.09. The largest absolute Gasteiger partial charge is 0.491 e. The lowest BCUT2D eigenvalue weighted by atomic mass is 10.1. The van der Waals surface area contributed by atoms with Gasteiger partial charge >= 0.3 is 6.03 Å². The molecule has 8 heteroatoms. The van der Waals surface area contributed by atoms with Crippen LogP contribution in [0.1, 0.15) is 28.6 Å². The minimum atomic E-state index is -0.204. The lowest BCUT2D eigenvalue weighted by Crippen LogP contribution is -2.41. The van der Waals surface area contributed by atoms with E-state index in [4.69, 9.17) is 14.0 Å². The highest BCUT2D eigenvalue weighted by atomic mass is 16.5. The van der Waals surface area contributed by atoms with E-state index in [1.54, 1.807) is 7.11 Å². The van der Waals surface area contributed by atoms with Crippen LogP contribution in [0.25, 0.3) is 11.4 Å². The number of carbonyl (C=O) groups excluding carboxylic acids is 1. The fourth-order valence-electron chi connectivity index (χ4n) is 3.95. The average molecular weight is 406 g/mol. The number of urea groups is 1. The molecule has 0 aliphatic carbocycles. The lowest BCUT2D eigenvalue weighted by Gasteiger charge is -2.21. The molecular weight excluding hydrogens is 384 g/mol. The third kappa shape index (κ3) is 3.29. The molecule has 5 rings (SSSR count). The van der Waals surface area contributed by atoms with E-state index in [0.29, 0.717) is 30.6 Å². The van der Waals surface area contributed by atoms with Crippen molar-refractivity contribution in [1.82, 2.24) is 15.5 Å². The van der Waals surface area contributed by atoms with Crippen LogP contribution in [0.3, 0.4) is 0 Å². The first-order valence-electron chi connectivity index (χ1n) is 9.88. The monoisotopic (exact) mass is 406 g/mol. The Bertz CT molecular complexity index is 1110. The molecule has 0 unspecified atom stereocenters. The van der Waals surface area contributed by atoms with Crippen molar-refractivity contribution in [2.45, 2.75) is 26.0 Å². The molecule has 0 fully saturated rings. The summed E-state index contributed by atoms with van der Waals surface area (Å²) < 4.78 is 16.0. The van der Waals surface area contributed by atoms with E-state index in [1.165, 1.54) is 5.56 Å². The van der Waals surface area contributed by atoms with Crippen molar-refractivity contribution in [2.24, 2.45) is 0 Å². The van der Waals surface area contributed by atoms with Gasteiger partial charge in [0.05, 0.1) is 6.04 Å². The third-order valence-corrected chi connectivity index (χ3v) is 5.47. The fraction of sp³-hybridized carbons (Fsp3) is 0.318. The van der Waals surface area contributed by atoms with Crippen LogP contribution in [-0.2, 0) is 17.8 Å². The van der Waals surface area contributed by atoms with Crippen molar-refractivity contribution in [3.8, 4) is 17.1 Å². The van der Waals surface area contributed by atoms with E-state index in [0.717, 1.165) is 28.8 Å². The highest BCUT2D eigenvalue weighted by Crippen LogP contribution is 2.36. The number of carbonyl (C=O) groups is 1. The first-order valence-corrected chi connectivity index (χ1v) is 9.88. The van der Waals surface area contributed by atoms with Gasteiger partial charge in [-0.05, 0) is 36.6 Å². The molecule has 0 saturated heterocycles. The van der Waals surface area contributed by atoms with Gasteiger partial charge in [-0.3, -0.25) is 4.90 Å². The Balaban J connectivity index is 1.32. The van der Waals surface area contributed by atoms with Crippen molar-refractivity contribution in [3.05, 3.63) is 59.0 Å². The Kier molecular flexibility index (Phi) is 4.63. The summed E-state index contributed by atoms with van der Waals surface area (Å²) in [5.41, 5.74) is 5.07. The van der Waals surface area contributed by atoms with Crippen molar-refractivity contribution in [3.63, 3.8) is 0 Å². The predicted molar refractivity (Wildman–Crippen MR) is 109 cm³/mol. The molecule has 2 aliphatic heterocycles. The van der Waals surface area contributed by atoms with Gasteiger partial charge in [-0.2, -0.15) is 4.98 Å². The summed E-state index contributed by atoms with van der Waals surface area (Å²) in [6.07, 6.45) is 0.875. The fourth-order valence-corrected chi connectivity index (χ4v) is 3.95. The number of hydrogen-bond acceptors (Lipinski definition) is 6. The molecule has 0 radical (unpaired) electrons. The second kappa shape index (κ2) is 7.46. The van der Waals surface area contributed by atoms with E-state index in [1.807, 2.05) is 30.0 Å². The Morgan fingerprint density at radius 1 is 1.30 bits per heavy atom. The van der Waals surface area contributed by atoms with Crippen LogP contribution in [0.5, 0.6) is 5.75 Å². The van der Waals surface area contributed by atoms with Gasteiger partial charge < -0.3 is 19.3 Å². The van der Waals surface area contributed by atoms with E-state index in [9.17, 15) is 4.79 Å². The molecular formula is C22H22N4O4. The number of rotatable bonds is 4. The maximum absolute atomic E-state index is 13.0. The second-order valence-corrected chi connectivity index (χ2v) is 7.54. The number of nitrogens with one attached hydrogen (secondary N) is 1. The minimum Gasteiger partial charge on any atom is -0.491 e. The predicted octanol–water partition coefficient (Wildman–Crippen LogP) is 3.40. The molecule has 154 valence electrons. The number of nitrogens with zero attached hydrogens (tertiary/aromatic N) is 3. The number of aromatic nitrogens is 2. The zero-order valence-corrected chi connectivity index (χ0v) is 16.8. The maximum Gasteiger partial charge on any atom is 0.322 e. The summed E-state index contributed by atoms with van der Waals surface area (Å²) in [6.45, 7) is 3.38. The summed E-state index contributed by atoms with van der Waals surface area (Å²) in [7, 11) is 1.57. The second-order valence-electron chi connectivity index (χ2n) is 7.54. The number of anilines is 1. The van der Waals surface area contributed by atoms with Crippen molar-refractivity contribution >= 4 is 11.7 Å². The number of aryl methyl sites for hydroxylation is 1. The Hall–Kier alpha value is -3.39. The van der Waals surface area contributed by atoms with Gasteiger partial charge in [0.1, 0.15) is 19.0 Å². The molecule has 3 heterocycles. The standard InChI is InChI=1S/C22H22N4O4/c1-13-3-4-14-7-8-26(18(14)9-13)22(27)23-17-11-29-19-10-15(5-6-16(17)19)21-24-20(12-28-2)30-25-21/h3-6,9-10,17H,7-8,11-12H2,1-2H3,(H,23,27)/t17-/m1/s1. The van der Waals surface area contributed by atoms with Gasteiger partial charge in [-0.15, -0.1) is 0 Å². The highest BCUT2D eigenvalue weighted by molar-refractivity contribution is 5.94. The van der Waals surface area contributed by atoms with E-state index in [2.05, 4.69) is 33.7 Å². The molecule has 3 aromatic rings. The molecule has 2 aliphatic rings. The molecule has 8 nitrogen and oxygen atoms in total. The zero-order chi connectivity index (χ0) is 20.7. The van der Waals surface area contributed by atoms with Crippen molar-refractivity contribution in [1.29, 1.82) is 0 Å². The summed E-state index contributed by atoms with van der Waals surface area (Å²) in [5.74, 6) is 1.61. The highest BCUT2D eigenvalue weighted by Gasteiger charge is 2.31. The van der Waals surface area contributed by atoms with Crippen LogP contribution < -0.4 is 15.0 Å². The van der Waals surface area contributed by atoms with Crippen molar-refractivity contribution in [2.75, 3.05) is 25.2 Å². The van der Waals surface area contributed by atoms with Gasteiger partial charge in [-0.1, -0.05) is 29.4 Å².